The molecule has 3 saturated carbocycles. The molecule has 4 rings (SSSR count). The van der Waals surface area contributed by atoms with Crippen LogP contribution in [0.3, 0.4) is 0 Å². The highest BCUT2D eigenvalue weighted by atomic mass is 16.5. The Labute approximate surface area is 150 Å². The van der Waals surface area contributed by atoms with Gasteiger partial charge in [0.15, 0.2) is 0 Å². The largest absolute Gasteiger partial charge is 0.466 e. The summed E-state index contributed by atoms with van der Waals surface area (Å²) < 4.78 is 5.40. The Hall–Kier alpha value is -1.32. The van der Waals surface area contributed by atoms with E-state index >= 15 is 0 Å². The second kappa shape index (κ2) is 5.85. The summed E-state index contributed by atoms with van der Waals surface area (Å²) in [6.45, 7) is 7.06. The molecule has 1 unspecified atom stereocenters. The molecule has 3 fully saturated rings. The average molecular weight is 345 g/mol. The van der Waals surface area contributed by atoms with Crippen molar-refractivity contribution in [2.45, 2.75) is 65.3 Å². The van der Waals surface area contributed by atoms with Crippen LogP contribution in [0, 0.1) is 34.5 Å². The van der Waals surface area contributed by atoms with E-state index in [1.54, 1.807) is 6.08 Å². The third-order valence-corrected chi connectivity index (χ3v) is 8.26. The summed E-state index contributed by atoms with van der Waals surface area (Å²) in [5, 5.41) is 3.20. The van der Waals surface area contributed by atoms with Gasteiger partial charge in [-0.25, -0.2) is 0 Å². The zero-order chi connectivity index (χ0) is 17.8. The van der Waals surface area contributed by atoms with Crippen LogP contribution in [-0.4, -0.2) is 24.5 Å². The molecule has 1 aliphatic heterocycles. The van der Waals surface area contributed by atoms with Gasteiger partial charge in [0, 0.05) is 11.5 Å². The number of ether oxygens (including phenoxy) is 1. The number of fused-ring (bicyclic) bond motifs is 5. The van der Waals surface area contributed by atoms with E-state index in [0.29, 0.717) is 24.4 Å². The van der Waals surface area contributed by atoms with Gasteiger partial charge in [-0.2, -0.15) is 0 Å². The zero-order valence-corrected chi connectivity index (χ0v) is 15.7. The van der Waals surface area contributed by atoms with Crippen molar-refractivity contribution >= 4 is 11.9 Å². The van der Waals surface area contributed by atoms with Crippen LogP contribution in [0.5, 0.6) is 0 Å². The number of esters is 1. The van der Waals surface area contributed by atoms with E-state index in [0.717, 1.165) is 32.1 Å². The monoisotopic (exact) mass is 345 g/mol. The van der Waals surface area contributed by atoms with Crippen molar-refractivity contribution in [2.24, 2.45) is 34.5 Å². The molecule has 1 amide bonds. The topological polar surface area (TPSA) is 55.4 Å². The van der Waals surface area contributed by atoms with Gasteiger partial charge in [-0.3, -0.25) is 9.59 Å². The first-order chi connectivity index (χ1) is 11.9. The van der Waals surface area contributed by atoms with Gasteiger partial charge in [0.2, 0.25) is 5.91 Å². The van der Waals surface area contributed by atoms with Crippen LogP contribution < -0.4 is 5.32 Å². The standard InChI is InChI=1S/C21H31NO3/c1-4-25-19(24)16-7-6-14-13-5-8-17-21(3,12-10-18(23)22-17)15(13)9-11-20(14,16)2/h10,12-17H,4-9,11H2,1-3H3,(H,22,23)/t13-,14-,15-,16+,17?,20-,21+/m0/s1. The van der Waals surface area contributed by atoms with Crippen molar-refractivity contribution in [3.63, 3.8) is 0 Å². The Kier molecular flexibility index (Phi) is 4.01. The minimum absolute atomic E-state index is 0.0238. The highest BCUT2D eigenvalue weighted by Crippen LogP contribution is 2.65. The Morgan fingerprint density at radius 3 is 2.76 bits per heavy atom. The maximum Gasteiger partial charge on any atom is 0.309 e. The van der Waals surface area contributed by atoms with Gasteiger partial charge in [-0.05, 0) is 74.7 Å². The van der Waals surface area contributed by atoms with Crippen LogP contribution in [0.15, 0.2) is 12.2 Å². The second-order valence-corrected chi connectivity index (χ2v) is 9.14. The normalized spacial score (nSPS) is 48.1. The Balaban J connectivity index is 1.61. The number of hydrogen-bond donors (Lipinski definition) is 1. The van der Waals surface area contributed by atoms with Gasteiger partial charge in [-0.1, -0.05) is 19.9 Å². The summed E-state index contributed by atoms with van der Waals surface area (Å²) >= 11 is 0. The summed E-state index contributed by atoms with van der Waals surface area (Å²) in [5.41, 5.74) is 0.165. The molecule has 0 radical (unpaired) electrons. The van der Waals surface area contributed by atoms with Crippen molar-refractivity contribution < 1.29 is 14.3 Å². The van der Waals surface area contributed by atoms with E-state index in [1.807, 2.05) is 6.92 Å². The van der Waals surface area contributed by atoms with E-state index in [2.05, 4.69) is 25.2 Å². The fourth-order valence-corrected chi connectivity index (χ4v) is 6.96. The van der Waals surface area contributed by atoms with E-state index in [4.69, 9.17) is 4.74 Å². The van der Waals surface area contributed by atoms with Crippen LogP contribution in [-0.2, 0) is 14.3 Å². The minimum Gasteiger partial charge on any atom is -0.466 e. The lowest BCUT2D eigenvalue weighted by Crippen LogP contribution is -2.59. The molecule has 0 aromatic rings. The molecule has 4 heteroatoms. The number of amides is 1. The van der Waals surface area contributed by atoms with E-state index in [9.17, 15) is 9.59 Å². The van der Waals surface area contributed by atoms with Gasteiger partial charge < -0.3 is 10.1 Å². The Bertz CT molecular complexity index is 614. The Morgan fingerprint density at radius 1 is 1.20 bits per heavy atom. The number of nitrogens with one attached hydrogen (secondary N) is 1. The predicted octanol–water partition coefficient (Wildman–Crippen LogP) is 3.46. The van der Waals surface area contributed by atoms with E-state index in [1.165, 1.54) is 6.42 Å². The first-order valence-corrected chi connectivity index (χ1v) is 10.1. The Morgan fingerprint density at radius 2 is 2.00 bits per heavy atom. The highest BCUT2D eigenvalue weighted by molar-refractivity contribution is 5.89. The second-order valence-electron chi connectivity index (χ2n) is 9.14. The summed E-state index contributed by atoms with van der Waals surface area (Å²) in [6, 6.07) is 0.276. The van der Waals surface area contributed by atoms with Gasteiger partial charge in [0.1, 0.15) is 0 Å². The van der Waals surface area contributed by atoms with Crippen molar-refractivity contribution in [1.82, 2.24) is 5.32 Å². The molecule has 0 aromatic carbocycles. The smallest absolute Gasteiger partial charge is 0.309 e. The van der Waals surface area contributed by atoms with Crippen LogP contribution in [0.1, 0.15) is 59.3 Å². The van der Waals surface area contributed by atoms with Crippen molar-refractivity contribution in [3.05, 3.63) is 12.2 Å². The van der Waals surface area contributed by atoms with Crippen molar-refractivity contribution in [3.8, 4) is 0 Å². The molecule has 1 N–H and O–H groups in total. The summed E-state index contributed by atoms with van der Waals surface area (Å²) in [4.78, 5) is 24.3. The SMILES string of the molecule is CCOC(=O)[C@H]1CC[C@H]2[C@@H]3CCC4NC(=O)C=C[C@]4(C)[C@H]3CC[C@]12C. The molecule has 0 aromatic heterocycles. The van der Waals surface area contributed by atoms with E-state index < -0.39 is 0 Å². The van der Waals surface area contributed by atoms with Gasteiger partial charge >= 0.3 is 5.97 Å². The molecule has 0 saturated heterocycles. The van der Waals surface area contributed by atoms with Crippen LogP contribution in [0.25, 0.3) is 0 Å². The average Bonchev–Trinajstić information content (AvgIpc) is 2.93. The molecule has 3 aliphatic carbocycles. The first kappa shape index (κ1) is 17.1. The lowest BCUT2D eigenvalue weighted by Gasteiger charge is -2.58. The first-order valence-electron chi connectivity index (χ1n) is 10.1. The van der Waals surface area contributed by atoms with E-state index in [-0.39, 0.29) is 34.7 Å². The van der Waals surface area contributed by atoms with Gasteiger partial charge in [0.25, 0.3) is 0 Å². The molecule has 0 bridgehead atoms. The molecular weight excluding hydrogens is 314 g/mol. The van der Waals surface area contributed by atoms with Gasteiger partial charge in [0.05, 0.1) is 12.5 Å². The molecule has 138 valence electrons. The highest BCUT2D eigenvalue weighted by Gasteiger charge is 2.61. The molecule has 4 aliphatic rings. The fourth-order valence-electron chi connectivity index (χ4n) is 6.96. The van der Waals surface area contributed by atoms with Gasteiger partial charge in [-0.15, -0.1) is 0 Å². The number of carbonyl (C=O) groups excluding carboxylic acids is 2. The maximum absolute atomic E-state index is 12.5. The summed E-state index contributed by atoms with van der Waals surface area (Å²) in [5.74, 6) is 2.05. The van der Waals surface area contributed by atoms with Crippen LogP contribution in [0.4, 0.5) is 0 Å². The lowest BCUT2D eigenvalue weighted by atomic mass is 9.48. The third-order valence-electron chi connectivity index (χ3n) is 8.26. The fraction of sp³-hybridized carbons (Fsp3) is 0.810. The summed E-state index contributed by atoms with van der Waals surface area (Å²) in [7, 11) is 0. The summed E-state index contributed by atoms with van der Waals surface area (Å²) in [6.07, 6.45) is 10.6. The zero-order valence-electron chi connectivity index (χ0n) is 15.7. The van der Waals surface area contributed by atoms with Crippen LogP contribution >= 0.6 is 0 Å². The molecule has 0 spiro atoms. The third kappa shape index (κ3) is 2.39. The maximum atomic E-state index is 12.5. The number of rotatable bonds is 2. The molecule has 7 atom stereocenters. The van der Waals surface area contributed by atoms with Crippen LogP contribution in [0.2, 0.25) is 0 Å². The molecule has 25 heavy (non-hydrogen) atoms. The number of carbonyl (C=O) groups is 2. The molecule has 4 nitrogen and oxygen atoms in total. The van der Waals surface area contributed by atoms with Crippen molar-refractivity contribution in [2.75, 3.05) is 6.61 Å². The number of hydrogen-bond acceptors (Lipinski definition) is 3. The van der Waals surface area contributed by atoms with Crippen molar-refractivity contribution in [1.29, 1.82) is 0 Å². The molecular formula is C21H31NO3. The minimum atomic E-state index is 0.0238. The predicted molar refractivity (Wildman–Crippen MR) is 95.6 cm³/mol. The molecule has 1 heterocycles. The quantitative estimate of drug-likeness (QED) is 0.780. The lowest BCUT2D eigenvalue weighted by molar-refractivity contribution is -0.156.